The first-order valence-corrected chi connectivity index (χ1v) is 6.38. The largest absolute Gasteiger partial charge is 0.383 e. The minimum atomic E-state index is 0.0211. The van der Waals surface area contributed by atoms with E-state index in [0.29, 0.717) is 26.1 Å². The first-order valence-electron chi connectivity index (χ1n) is 6.38. The summed E-state index contributed by atoms with van der Waals surface area (Å²) in [6.07, 6.45) is 2.26. The maximum absolute atomic E-state index is 11.6. The quantitative estimate of drug-likeness (QED) is 0.802. The Morgan fingerprint density at radius 1 is 1.47 bits per heavy atom. The van der Waals surface area contributed by atoms with Crippen LogP contribution in [0, 0.1) is 6.92 Å². The zero-order valence-corrected chi connectivity index (χ0v) is 11.3. The average Bonchev–Trinajstić information content (AvgIpc) is 2.79. The molecule has 2 aromatic rings. The number of carbonyl (C=O) groups excluding carboxylic acids is 1. The Bertz CT molecular complexity index is 563. The number of carbonyl (C=O) groups is 1. The van der Waals surface area contributed by atoms with E-state index in [1.54, 1.807) is 7.11 Å². The van der Waals surface area contributed by atoms with Gasteiger partial charge in [0.15, 0.2) is 0 Å². The van der Waals surface area contributed by atoms with Crippen LogP contribution in [0.15, 0.2) is 24.4 Å². The van der Waals surface area contributed by atoms with Gasteiger partial charge in [-0.1, -0.05) is 11.6 Å². The van der Waals surface area contributed by atoms with Crippen molar-refractivity contribution >= 4 is 16.8 Å². The van der Waals surface area contributed by atoms with Crippen LogP contribution in [-0.4, -0.2) is 35.9 Å². The number of fused-ring (bicyclic) bond motifs is 1. The van der Waals surface area contributed by atoms with Gasteiger partial charge in [-0.25, -0.2) is 0 Å². The molecule has 0 spiro atoms. The molecular formula is C14H19N3O2. The number of nitrogens with zero attached hydrogens (tertiary/aromatic N) is 2. The number of nitrogens with one attached hydrogen (secondary N) is 1. The number of amides is 1. The SMILES string of the molecule is COCCNC(=O)CCn1ncc2cc(C)ccc21. The fraction of sp³-hybridized carbons (Fsp3) is 0.429. The molecule has 1 N–H and O–H groups in total. The van der Waals surface area contributed by atoms with Crippen molar-refractivity contribution in [2.45, 2.75) is 19.9 Å². The number of hydrogen-bond acceptors (Lipinski definition) is 3. The van der Waals surface area contributed by atoms with E-state index in [9.17, 15) is 4.79 Å². The second-order valence-electron chi connectivity index (χ2n) is 4.52. The van der Waals surface area contributed by atoms with E-state index in [2.05, 4.69) is 29.5 Å². The normalized spacial score (nSPS) is 10.8. The Balaban J connectivity index is 1.93. The second kappa shape index (κ2) is 6.33. The van der Waals surface area contributed by atoms with Gasteiger partial charge in [0.25, 0.3) is 0 Å². The first-order chi connectivity index (χ1) is 9.20. The van der Waals surface area contributed by atoms with Gasteiger partial charge >= 0.3 is 0 Å². The van der Waals surface area contributed by atoms with E-state index in [-0.39, 0.29) is 5.91 Å². The number of benzene rings is 1. The molecule has 0 unspecified atom stereocenters. The summed E-state index contributed by atoms with van der Waals surface area (Å²) >= 11 is 0. The predicted molar refractivity (Wildman–Crippen MR) is 74.0 cm³/mol. The summed E-state index contributed by atoms with van der Waals surface area (Å²) in [6, 6.07) is 6.19. The minimum Gasteiger partial charge on any atom is -0.383 e. The molecule has 19 heavy (non-hydrogen) atoms. The molecular weight excluding hydrogens is 242 g/mol. The van der Waals surface area contributed by atoms with Crippen LogP contribution >= 0.6 is 0 Å². The number of aromatic nitrogens is 2. The van der Waals surface area contributed by atoms with E-state index in [1.165, 1.54) is 5.56 Å². The molecule has 0 fully saturated rings. The number of methoxy groups -OCH3 is 1. The number of rotatable bonds is 6. The third kappa shape index (κ3) is 3.54. The van der Waals surface area contributed by atoms with Gasteiger partial charge in [-0.15, -0.1) is 0 Å². The van der Waals surface area contributed by atoms with E-state index in [4.69, 9.17) is 4.74 Å². The molecule has 0 saturated carbocycles. The molecule has 0 radical (unpaired) electrons. The maximum Gasteiger partial charge on any atom is 0.221 e. The summed E-state index contributed by atoms with van der Waals surface area (Å²) in [4.78, 5) is 11.6. The zero-order valence-electron chi connectivity index (χ0n) is 11.3. The van der Waals surface area contributed by atoms with Crippen LogP contribution in [-0.2, 0) is 16.1 Å². The lowest BCUT2D eigenvalue weighted by Gasteiger charge is -2.05. The van der Waals surface area contributed by atoms with Gasteiger partial charge < -0.3 is 10.1 Å². The highest BCUT2D eigenvalue weighted by molar-refractivity contribution is 5.80. The predicted octanol–water partition coefficient (Wildman–Crippen LogP) is 1.50. The molecule has 1 heterocycles. The van der Waals surface area contributed by atoms with Crippen LogP contribution in [0.4, 0.5) is 0 Å². The molecule has 1 aromatic carbocycles. The Morgan fingerprint density at radius 3 is 3.11 bits per heavy atom. The van der Waals surface area contributed by atoms with Crippen LogP contribution in [0.3, 0.4) is 0 Å². The Labute approximate surface area is 112 Å². The highest BCUT2D eigenvalue weighted by Gasteiger charge is 2.05. The van der Waals surface area contributed by atoms with Gasteiger partial charge in [-0.2, -0.15) is 5.10 Å². The van der Waals surface area contributed by atoms with Crippen molar-refractivity contribution in [3.8, 4) is 0 Å². The molecule has 5 heteroatoms. The van der Waals surface area contributed by atoms with Crippen molar-refractivity contribution in [2.75, 3.05) is 20.3 Å². The van der Waals surface area contributed by atoms with Gasteiger partial charge in [-0.05, 0) is 19.1 Å². The fourth-order valence-electron chi connectivity index (χ4n) is 1.97. The molecule has 0 atom stereocenters. The summed E-state index contributed by atoms with van der Waals surface area (Å²) < 4.78 is 6.74. The van der Waals surface area contributed by atoms with Crippen molar-refractivity contribution < 1.29 is 9.53 Å². The summed E-state index contributed by atoms with van der Waals surface area (Å²) in [5.74, 6) is 0.0211. The molecule has 0 bridgehead atoms. The molecule has 2 rings (SSSR count). The second-order valence-corrected chi connectivity index (χ2v) is 4.52. The molecule has 1 amide bonds. The Hall–Kier alpha value is -1.88. The standard InChI is InChI=1S/C14H19N3O2/c1-11-3-4-13-12(9-11)10-16-17(13)7-5-14(18)15-6-8-19-2/h3-4,9-10H,5-8H2,1-2H3,(H,15,18). The Morgan fingerprint density at radius 2 is 2.32 bits per heavy atom. The van der Waals surface area contributed by atoms with E-state index >= 15 is 0 Å². The first kappa shape index (κ1) is 13.5. The van der Waals surface area contributed by atoms with Crippen molar-refractivity contribution in [3.05, 3.63) is 30.0 Å². The Kier molecular flexibility index (Phi) is 4.52. The number of aryl methyl sites for hydroxylation is 2. The molecule has 0 aliphatic heterocycles. The molecule has 0 aliphatic rings. The lowest BCUT2D eigenvalue weighted by Crippen LogP contribution is -2.27. The fourth-order valence-corrected chi connectivity index (χ4v) is 1.97. The van der Waals surface area contributed by atoms with Crippen molar-refractivity contribution in [2.24, 2.45) is 0 Å². The van der Waals surface area contributed by atoms with Gasteiger partial charge in [0, 0.05) is 25.5 Å². The summed E-state index contributed by atoms with van der Waals surface area (Å²) in [7, 11) is 1.62. The van der Waals surface area contributed by atoms with Gasteiger partial charge in [0.2, 0.25) is 5.91 Å². The molecule has 5 nitrogen and oxygen atoms in total. The smallest absolute Gasteiger partial charge is 0.221 e. The maximum atomic E-state index is 11.6. The lowest BCUT2D eigenvalue weighted by molar-refractivity contribution is -0.121. The minimum absolute atomic E-state index is 0.0211. The third-order valence-electron chi connectivity index (χ3n) is 2.98. The molecule has 0 aliphatic carbocycles. The van der Waals surface area contributed by atoms with Crippen molar-refractivity contribution in [1.82, 2.24) is 15.1 Å². The van der Waals surface area contributed by atoms with Crippen molar-refractivity contribution in [1.29, 1.82) is 0 Å². The lowest BCUT2D eigenvalue weighted by atomic mass is 10.2. The van der Waals surface area contributed by atoms with Gasteiger partial charge in [0.05, 0.1) is 24.9 Å². The van der Waals surface area contributed by atoms with Crippen molar-refractivity contribution in [3.63, 3.8) is 0 Å². The molecule has 1 aromatic heterocycles. The summed E-state index contributed by atoms with van der Waals surface area (Å²) in [5, 5.41) is 8.23. The molecule has 0 saturated heterocycles. The van der Waals surface area contributed by atoms with Crippen LogP contribution in [0.2, 0.25) is 0 Å². The number of hydrogen-bond donors (Lipinski definition) is 1. The zero-order chi connectivity index (χ0) is 13.7. The summed E-state index contributed by atoms with van der Waals surface area (Å²) in [5.41, 5.74) is 2.28. The summed E-state index contributed by atoms with van der Waals surface area (Å²) in [6.45, 7) is 3.73. The van der Waals surface area contributed by atoms with Crippen LogP contribution in [0.5, 0.6) is 0 Å². The average molecular weight is 261 g/mol. The highest BCUT2D eigenvalue weighted by atomic mass is 16.5. The third-order valence-corrected chi connectivity index (χ3v) is 2.98. The van der Waals surface area contributed by atoms with Crippen LogP contribution in [0.25, 0.3) is 10.9 Å². The van der Waals surface area contributed by atoms with E-state index in [0.717, 1.165) is 10.9 Å². The number of ether oxygens (including phenoxy) is 1. The van der Waals surface area contributed by atoms with E-state index in [1.807, 2.05) is 16.9 Å². The monoisotopic (exact) mass is 261 g/mol. The molecule has 102 valence electrons. The van der Waals surface area contributed by atoms with Gasteiger partial charge in [0.1, 0.15) is 0 Å². The highest BCUT2D eigenvalue weighted by Crippen LogP contribution is 2.15. The topological polar surface area (TPSA) is 56.1 Å². The van der Waals surface area contributed by atoms with Gasteiger partial charge in [-0.3, -0.25) is 9.48 Å². The van der Waals surface area contributed by atoms with Crippen LogP contribution < -0.4 is 5.32 Å². The van der Waals surface area contributed by atoms with E-state index < -0.39 is 0 Å². The van der Waals surface area contributed by atoms with Crippen LogP contribution in [0.1, 0.15) is 12.0 Å².